The minimum atomic E-state index is 0.000602. The van der Waals surface area contributed by atoms with Crippen LogP contribution in [0.25, 0.3) is 0 Å². The van der Waals surface area contributed by atoms with Gasteiger partial charge in [-0.2, -0.15) is 0 Å². The summed E-state index contributed by atoms with van der Waals surface area (Å²) < 4.78 is 0. The fourth-order valence-electron chi connectivity index (χ4n) is 4.69. The molecule has 3 heterocycles. The molecule has 0 aromatic heterocycles. The van der Waals surface area contributed by atoms with Gasteiger partial charge in [-0.05, 0) is 37.9 Å². The second-order valence-electron chi connectivity index (χ2n) is 7.88. The number of hydrogen-bond acceptors (Lipinski definition) is 4. The fourth-order valence-corrected chi connectivity index (χ4v) is 4.69. The maximum Gasteiger partial charge on any atom is 0.241 e. The Bertz CT molecular complexity index is 707. The molecule has 3 aliphatic rings. The summed E-state index contributed by atoms with van der Waals surface area (Å²) in [5.74, 6) is 0.342. The zero-order valence-electron chi connectivity index (χ0n) is 15.5. The highest BCUT2D eigenvalue weighted by atomic mass is 16.2. The van der Waals surface area contributed by atoms with Crippen LogP contribution in [0.3, 0.4) is 0 Å². The lowest BCUT2D eigenvalue weighted by molar-refractivity contribution is -0.122. The smallest absolute Gasteiger partial charge is 0.241 e. The van der Waals surface area contributed by atoms with E-state index < -0.39 is 0 Å². The summed E-state index contributed by atoms with van der Waals surface area (Å²) in [6.45, 7) is 4.68. The molecule has 0 bridgehead atoms. The van der Waals surface area contributed by atoms with Crippen molar-refractivity contribution in [2.24, 2.45) is 0 Å². The second kappa shape index (κ2) is 7.00. The van der Waals surface area contributed by atoms with Gasteiger partial charge in [-0.25, -0.2) is 0 Å². The molecule has 140 valence electrons. The molecule has 6 heteroatoms. The molecular formula is C20H28N4O2. The Labute approximate surface area is 155 Å². The van der Waals surface area contributed by atoms with Gasteiger partial charge in [0.15, 0.2) is 0 Å². The zero-order valence-corrected chi connectivity index (χ0v) is 15.5. The van der Waals surface area contributed by atoms with Gasteiger partial charge in [-0.3, -0.25) is 19.4 Å². The van der Waals surface area contributed by atoms with E-state index in [4.69, 9.17) is 0 Å². The van der Waals surface area contributed by atoms with Crippen LogP contribution in [0.4, 0.5) is 5.69 Å². The van der Waals surface area contributed by atoms with Gasteiger partial charge >= 0.3 is 0 Å². The van der Waals surface area contributed by atoms with E-state index in [1.54, 1.807) is 0 Å². The number of amides is 2. The average molecular weight is 356 g/mol. The van der Waals surface area contributed by atoms with Crippen LogP contribution in [-0.4, -0.2) is 73.5 Å². The van der Waals surface area contributed by atoms with Crippen molar-refractivity contribution in [1.29, 1.82) is 0 Å². The summed E-state index contributed by atoms with van der Waals surface area (Å²) in [6.07, 6.45) is 3.34. The lowest BCUT2D eigenvalue weighted by Gasteiger charge is -2.49. The lowest BCUT2D eigenvalue weighted by Crippen LogP contribution is -2.62. The first kappa shape index (κ1) is 17.5. The van der Waals surface area contributed by atoms with Crippen LogP contribution in [0.5, 0.6) is 0 Å². The number of piperazine rings is 1. The van der Waals surface area contributed by atoms with Crippen molar-refractivity contribution >= 4 is 17.5 Å². The molecule has 6 nitrogen and oxygen atoms in total. The lowest BCUT2D eigenvalue weighted by atomic mass is 9.86. The SMILES string of the molecule is CN1CCN(CC(=O)N2CCc3ccccc32)C[C@]12CCNC(=O)CC2. The van der Waals surface area contributed by atoms with E-state index in [9.17, 15) is 9.59 Å². The highest BCUT2D eigenvalue weighted by Gasteiger charge is 2.41. The number of anilines is 1. The first-order chi connectivity index (χ1) is 12.6. The third-order valence-corrected chi connectivity index (χ3v) is 6.36. The molecule has 3 aliphatic heterocycles. The topological polar surface area (TPSA) is 55.9 Å². The van der Waals surface area contributed by atoms with E-state index >= 15 is 0 Å². The minimum absolute atomic E-state index is 0.000602. The van der Waals surface area contributed by atoms with E-state index in [-0.39, 0.29) is 17.4 Å². The van der Waals surface area contributed by atoms with E-state index in [1.807, 2.05) is 23.1 Å². The van der Waals surface area contributed by atoms with Gasteiger partial charge < -0.3 is 10.2 Å². The van der Waals surface area contributed by atoms with Crippen molar-refractivity contribution in [2.45, 2.75) is 31.2 Å². The maximum atomic E-state index is 13.0. The molecule has 4 rings (SSSR count). The quantitative estimate of drug-likeness (QED) is 0.854. The zero-order chi connectivity index (χ0) is 18.1. The van der Waals surface area contributed by atoms with Crippen molar-refractivity contribution in [2.75, 3.05) is 51.2 Å². The molecule has 1 atom stereocenters. The van der Waals surface area contributed by atoms with Crippen molar-refractivity contribution in [1.82, 2.24) is 15.1 Å². The van der Waals surface area contributed by atoms with Gasteiger partial charge in [-0.1, -0.05) is 18.2 Å². The molecule has 26 heavy (non-hydrogen) atoms. The Morgan fingerprint density at radius 2 is 2.00 bits per heavy atom. The van der Waals surface area contributed by atoms with Crippen LogP contribution in [-0.2, 0) is 16.0 Å². The Hall–Kier alpha value is -1.92. The van der Waals surface area contributed by atoms with E-state index in [0.717, 1.165) is 57.7 Å². The summed E-state index contributed by atoms with van der Waals surface area (Å²) in [7, 11) is 2.16. The minimum Gasteiger partial charge on any atom is -0.356 e. The Balaban J connectivity index is 1.44. The molecule has 2 fully saturated rings. The van der Waals surface area contributed by atoms with Gasteiger partial charge in [0.2, 0.25) is 11.8 Å². The molecular weight excluding hydrogens is 328 g/mol. The number of benzene rings is 1. The first-order valence-corrected chi connectivity index (χ1v) is 9.66. The van der Waals surface area contributed by atoms with Gasteiger partial charge in [0.05, 0.1) is 6.54 Å². The normalized spacial score (nSPS) is 27.3. The molecule has 0 saturated carbocycles. The van der Waals surface area contributed by atoms with Crippen LogP contribution in [0.1, 0.15) is 24.8 Å². The third kappa shape index (κ3) is 3.23. The van der Waals surface area contributed by atoms with Gasteiger partial charge in [0.25, 0.3) is 0 Å². The van der Waals surface area contributed by atoms with Crippen LogP contribution in [0, 0.1) is 0 Å². The van der Waals surface area contributed by atoms with E-state index in [2.05, 4.69) is 28.2 Å². The number of nitrogens with one attached hydrogen (secondary N) is 1. The number of fused-ring (bicyclic) bond motifs is 1. The number of carbonyl (C=O) groups is 2. The Kier molecular flexibility index (Phi) is 4.71. The summed E-state index contributed by atoms with van der Waals surface area (Å²) in [6, 6.07) is 8.21. The third-order valence-electron chi connectivity index (χ3n) is 6.36. The largest absolute Gasteiger partial charge is 0.356 e. The monoisotopic (exact) mass is 356 g/mol. The maximum absolute atomic E-state index is 13.0. The molecule has 1 aromatic carbocycles. The molecule has 1 N–H and O–H groups in total. The highest BCUT2D eigenvalue weighted by molar-refractivity contribution is 5.96. The van der Waals surface area contributed by atoms with Crippen molar-refractivity contribution in [3.8, 4) is 0 Å². The number of nitrogens with zero attached hydrogens (tertiary/aromatic N) is 3. The van der Waals surface area contributed by atoms with Crippen molar-refractivity contribution in [3.63, 3.8) is 0 Å². The number of rotatable bonds is 2. The molecule has 1 aromatic rings. The number of likely N-dealkylation sites (N-methyl/N-ethyl adjacent to an activating group) is 1. The first-order valence-electron chi connectivity index (χ1n) is 9.66. The summed E-state index contributed by atoms with van der Waals surface area (Å²) >= 11 is 0. The average Bonchev–Trinajstić information content (AvgIpc) is 2.98. The van der Waals surface area contributed by atoms with Crippen LogP contribution in [0.2, 0.25) is 0 Å². The number of para-hydroxylation sites is 1. The molecule has 0 aliphatic carbocycles. The van der Waals surface area contributed by atoms with Crippen molar-refractivity contribution in [3.05, 3.63) is 29.8 Å². The predicted molar refractivity (Wildman–Crippen MR) is 101 cm³/mol. The second-order valence-corrected chi connectivity index (χ2v) is 7.88. The standard InChI is InChI=1S/C20H28N4O2/c1-22-12-13-23(15-20(22)8-6-18(25)21-10-9-20)14-19(26)24-11-7-16-4-2-3-5-17(16)24/h2-5H,6-15H2,1H3,(H,21,25)/t20-/m0/s1. The molecule has 2 amide bonds. The predicted octanol–water partition coefficient (Wildman–Crippen LogP) is 0.862. The molecule has 0 radical (unpaired) electrons. The van der Waals surface area contributed by atoms with Crippen LogP contribution >= 0.6 is 0 Å². The molecule has 0 unspecified atom stereocenters. The number of hydrogen-bond donors (Lipinski definition) is 1. The summed E-state index contributed by atoms with van der Waals surface area (Å²) in [4.78, 5) is 31.4. The van der Waals surface area contributed by atoms with E-state index in [0.29, 0.717) is 13.0 Å². The Morgan fingerprint density at radius 1 is 1.15 bits per heavy atom. The summed E-state index contributed by atoms with van der Waals surface area (Å²) in [5, 5.41) is 2.99. The van der Waals surface area contributed by atoms with Gasteiger partial charge in [0.1, 0.15) is 0 Å². The van der Waals surface area contributed by atoms with Crippen LogP contribution in [0.15, 0.2) is 24.3 Å². The fraction of sp³-hybridized carbons (Fsp3) is 0.600. The van der Waals surface area contributed by atoms with E-state index in [1.165, 1.54) is 5.56 Å². The Morgan fingerprint density at radius 3 is 2.88 bits per heavy atom. The number of carbonyl (C=O) groups excluding carboxylic acids is 2. The molecule has 1 spiro atoms. The summed E-state index contributed by atoms with van der Waals surface area (Å²) in [5.41, 5.74) is 2.34. The van der Waals surface area contributed by atoms with Gasteiger partial charge in [0, 0.05) is 50.4 Å². The molecule has 2 saturated heterocycles. The highest BCUT2D eigenvalue weighted by Crippen LogP contribution is 2.31. The van der Waals surface area contributed by atoms with Crippen molar-refractivity contribution < 1.29 is 9.59 Å². The van der Waals surface area contributed by atoms with Gasteiger partial charge in [-0.15, -0.1) is 0 Å². The van der Waals surface area contributed by atoms with Crippen LogP contribution < -0.4 is 10.2 Å².